The van der Waals surface area contributed by atoms with Crippen LogP contribution in [0.15, 0.2) is 41.4 Å². The van der Waals surface area contributed by atoms with Gasteiger partial charge in [-0.15, -0.1) is 0 Å². The van der Waals surface area contributed by atoms with Crippen LogP contribution in [-0.2, 0) is 10.0 Å². The smallest absolute Gasteiger partial charge is 0.270 e. The number of likely N-dealkylation sites (tertiary alicyclic amines) is 2. The molecule has 0 aliphatic carbocycles. The number of anilines is 1. The van der Waals surface area contributed by atoms with Crippen LogP contribution in [0.3, 0.4) is 0 Å². The van der Waals surface area contributed by atoms with Gasteiger partial charge >= 0.3 is 0 Å². The van der Waals surface area contributed by atoms with E-state index < -0.39 is 16.1 Å². The lowest BCUT2D eigenvalue weighted by Gasteiger charge is -2.30. The van der Waals surface area contributed by atoms with Gasteiger partial charge in [0.15, 0.2) is 0 Å². The molecule has 0 saturated carbocycles. The first-order valence-electron chi connectivity index (χ1n) is 10.4. The van der Waals surface area contributed by atoms with Gasteiger partial charge in [0.2, 0.25) is 0 Å². The number of amides is 2. The van der Waals surface area contributed by atoms with Crippen LogP contribution in [-0.4, -0.2) is 72.4 Å². The van der Waals surface area contributed by atoms with E-state index >= 15 is 0 Å². The number of aromatic amines is 1. The first-order chi connectivity index (χ1) is 14.8. The lowest BCUT2D eigenvalue weighted by molar-refractivity contribution is 0.0474. The maximum absolute atomic E-state index is 12.8. The third-order valence-electron chi connectivity index (χ3n) is 5.64. The highest BCUT2D eigenvalue weighted by atomic mass is 32.2. The summed E-state index contributed by atoms with van der Waals surface area (Å²) in [6.07, 6.45) is 4.05. The van der Waals surface area contributed by atoms with E-state index in [0.717, 1.165) is 19.3 Å². The zero-order valence-corrected chi connectivity index (χ0v) is 17.9. The van der Waals surface area contributed by atoms with Crippen molar-refractivity contribution in [3.05, 3.63) is 47.8 Å². The summed E-state index contributed by atoms with van der Waals surface area (Å²) in [7, 11) is -3.94. The summed E-state index contributed by atoms with van der Waals surface area (Å²) in [6.45, 7) is 2.18. The number of aliphatic hydroxyl groups is 1. The van der Waals surface area contributed by atoms with Crippen LogP contribution < -0.4 is 4.72 Å². The molecule has 1 aromatic heterocycles. The van der Waals surface area contributed by atoms with E-state index in [1.54, 1.807) is 28.0 Å². The highest BCUT2D eigenvalue weighted by Crippen LogP contribution is 2.21. The number of piperidine rings is 1. The number of hydrogen-bond donors (Lipinski definition) is 3. The van der Waals surface area contributed by atoms with E-state index in [-0.39, 0.29) is 34.6 Å². The third kappa shape index (κ3) is 4.75. The molecule has 4 rings (SSSR count). The Bertz CT molecular complexity index is 1070. The predicted octanol–water partition coefficient (Wildman–Crippen LogP) is 1.65. The zero-order valence-electron chi connectivity index (χ0n) is 17.1. The summed E-state index contributed by atoms with van der Waals surface area (Å²) in [4.78, 5) is 31.2. The Balaban J connectivity index is 1.48. The Morgan fingerprint density at radius 3 is 2.52 bits per heavy atom. The standard InChI is InChI=1S/C21H26N4O5S/c26-17-7-4-10-25(14-17)20(27)15-5-3-6-16(11-15)23-31(29,30)18-12-19(22-13-18)21(28)24-8-1-2-9-24/h3,5-6,11-13,17,22-23,26H,1-2,4,7-10,14H2/t17-/m0/s1. The molecule has 3 heterocycles. The van der Waals surface area contributed by atoms with Crippen molar-refractivity contribution in [3.8, 4) is 0 Å². The molecule has 0 unspecified atom stereocenters. The molecule has 3 N–H and O–H groups in total. The number of carbonyl (C=O) groups excluding carboxylic acids is 2. The number of β-amino-alcohol motifs (C(OH)–C–C–N with tert-alkyl or cyclic N) is 1. The molecule has 1 atom stereocenters. The van der Waals surface area contributed by atoms with Crippen molar-refractivity contribution in [2.24, 2.45) is 0 Å². The molecule has 0 radical (unpaired) electrons. The fourth-order valence-corrected chi connectivity index (χ4v) is 5.04. The van der Waals surface area contributed by atoms with Crippen molar-refractivity contribution in [3.63, 3.8) is 0 Å². The molecule has 0 spiro atoms. The Kier molecular flexibility index (Phi) is 6.01. The largest absolute Gasteiger partial charge is 0.391 e. The van der Waals surface area contributed by atoms with Crippen molar-refractivity contribution in [1.82, 2.24) is 14.8 Å². The van der Waals surface area contributed by atoms with E-state index in [4.69, 9.17) is 0 Å². The minimum atomic E-state index is -3.94. The van der Waals surface area contributed by atoms with Gasteiger partial charge in [0.05, 0.1) is 6.10 Å². The Morgan fingerprint density at radius 1 is 1.03 bits per heavy atom. The monoisotopic (exact) mass is 446 g/mol. The summed E-state index contributed by atoms with van der Waals surface area (Å²) >= 11 is 0. The molecule has 0 bridgehead atoms. The fourth-order valence-electron chi connectivity index (χ4n) is 4.00. The number of H-pyrrole nitrogens is 1. The Hall–Kier alpha value is -2.85. The maximum atomic E-state index is 12.8. The summed E-state index contributed by atoms with van der Waals surface area (Å²) in [6, 6.07) is 7.58. The average Bonchev–Trinajstić information content (AvgIpc) is 3.45. The molecule has 9 nitrogen and oxygen atoms in total. The normalized spacial score (nSPS) is 19.5. The summed E-state index contributed by atoms with van der Waals surface area (Å²) in [5.41, 5.74) is 0.820. The van der Waals surface area contributed by atoms with Gasteiger partial charge in [-0.3, -0.25) is 14.3 Å². The molecular formula is C21H26N4O5S. The van der Waals surface area contributed by atoms with Gasteiger partial charge in [-0.25, -0.2) is 8.42 Å². The fraction of sp³-hybridized carbons (Fsp3) is 0.429. The second-order valence-electron chi connectivity index (χ2n) is 7.98. The van der Waals surface area contributed by atoms with Crippen LogP contribution in [0.2, 0.25) is 0 Å². The summed E-state index contributed by atoms with van der Waals surface area (Å²) in [5.74, 6) is -0.463. The molecule has 2 saturated heterocycles. The van der Waals surface area contributed by atoms with Crippen molar-refractivity contribution >= 4 is 27.5 Å². The molecule has 2 amide bonds. The van der Waals surface area contributed by atoms with Gasteiger partial charge in [-0.2, -0.15) is 0 Å². The average molecular weight is 447 g/mol. The van der Waals surface area contributed by atoms with Crippen molar-refractivity contribution in [2.75, 3.05) is 30.9 Å². The van der Waals surface area contributed by atoms with Gasteiger partial charge in [-0.1, -0.05) is 6.07 Å². The predicted molar refractivity (Wildman–Crippen MR) is 114 cm³/mol. The van der Waals surface area contributed by atoms with Crippen LogP contribution >= 0.6 is 0 Å². The van der Waals surface area contributed by atoms with E-state index in [0.29, 0.717) is 31.6 Å². The third-order valence-corrected chi connectivity index (χ3v) is 7.00. The number of carbonyl (C=O) groups is 2. The number of hydrogen-bond acceptors (Lipinski definition) is 5. The van der Waals surface area contributed by atoms with E-state index in [9.17, 15) is 23.1 Å². The Labute approximate surface area is 181 Å². The van der Waals surface area contributed by atoms with E-state index in [1.165, 1.54) is 18.3 Å². The van der Waals surface area contributed by atoms with Gasteiger partial charge < -0.3 is 19.9 Å². The lowest BCUT2D eigenvalue weighted by Crippen LogP contribution is -2.42. The van der Waals surface area contributed by atoms with E-state index in [1.807, 2.05) is 0 Å². The SMILES string of the molecule is O=C(c1cccc(NS(=O)(=O)c2c[nH]c(C(=O)N3CCCC3)c2)c1)N1CCC[C@H](O)C1. The Morgan fingerprint density at radius 2 is 1.77 bits per heavy atom. The lowest BCUT2D eigenvalue weighted by atomic mass is 10.1. The molecule has 2 fully saturated rings. The second kappa shape index (κ2) is 8.72. The van der Waals surface area contributed by atoms with Crippen LogP contribution in [0.1, 0.15) is 46.5 Å². The summed E-state index contributed by atoms with van der Waals surface area (Å²) in [5, 5.41) is 9.80. The van der Waals surface area contributed by atoms with Crippen LogP contribution in [0, 0.1) is 0 Å². The first-order valence-corrected chi connectivity index (χ1v) is 11.9. The topological polar surface area (TPSA) is 123 Å². The molecule has 1 aromatic carbocycles. The van der Waals surface area contributed by atoms with Crippen molar-refractivity contribution in [1.29, 1.82) is 0 Å². The number of nitrogens with zero attached hydrogens (tertiary/aromatic N) is 2. The van der Waals surface area contributed by atoms with Gasteiger partial charge in [0, 0.05) is 43.6 Å². The van der Waals surface area contributed by atoms with Gasteiger partial charge in [0.1, 0.15) is 10.6 Å². The second-order valence-corrected chi connectivity index (χ2v) is 9.66. The molecule has 31 heavy (non-hydrogen) atoms. The molecule has 10 heteroatoms. The van der Waals surface area contributed by atoms with Crippen molar-refractivity contribution in [2.45, 2.75) is 36.7 Å². The highest BCUT2D eigenvalue weighted by molar-refractivity contribution is 7.92. The molecule has 2 aliphatic rings. The van der Waals surface area contributed by atoms with Crippen LogP contribution in [0.4, 0.5) is 5.69 Å². The molecule has 2 aliphatic heterocycles. The first kappa shape index (κ1) is 21.4. The van der Waals surface area contributed by atoms with Crippen LogP contribution in [0.5, 0.6) is 0 Å². The van der Waals surface area contributed by atoms with Crippen molar-refractivity contribution < 1.29 is 23.1 Å². The molecular weight excluding hydrogens is 420 g/mol. The highest BCUT2D eigenvalue weighted by Gasteiger charge is 2.25. The molecule has 166 valence electrons. The summed E-state index contributed by atoms with van der Waals surface area (Å²) < 4.78 is 28.1. The minimum Gasteiger partial charge on any atom is -0.391 e. The number of benzene rings is 1. The minimum absolute atomic E-state index is 0.0501. The number of rotatable bonds is 5. The van der Waals surface area contributed by atoms with Gasteiger partial charge in [0.25, 0.3) is 21.8 Å². The number of aromatic nitrogens is 1. The quantitative estimate of drug-likeness (QED) is 0.645. The number of nitrogens with one attached hydrogen (secondary N) is 2. The number of sulfonamides is 1. The van der Waals surface area contributed by atoms with Gasteiger partial charge in [-0.05, 0) is 49.9 Å². The zero-order chi connectivity index (χ0) is 22.0. The van der Waals surface area contributed by atoms with Crippen LogP contribution in [0.25, 0.3) is 0 Å². The number of aliphatic hydroxyl groups excluding tert-OH is 1. The molecule has 2 aromatic rings. The van der Waals surface area contributed by atoms with E-state index in [2.05, 4.69) is 9.71 Å². The maximum Gasteiger partial charge on any atom is 0.270 e.